The van der Waals surface area contributed by atoms with Gasteiger partial charge in [0.25, 0.3) is 0 Å². The second-order valence-electron chi connectivity index (χ2n) is 3.97. The van der Waals surface area contributed by atoms with Crippen molar-refractivity contribution in [2.24, 2.45) is 0 Å². The molecule has 0 bridgehead atoms. The van der Waals surface area contributed by atoms with E-state index < -0.39 is 0 Å². The van der Waals surface area contributed by atoms with E-state index in [-0.39, 0.29) is 0 Å². The van der Waals surface area contributed by atoms with E-state index in [4.69, 9.17) is 0 Å². The Labute approximate surface area is 83.3 Å². The van der Waals surface area contributed by atoms with Crippen LogP contribution in [0.5, 0.6) is 0 Å². The summed E-state index contributed by atoms with van der Waals surface area (Å²) in [6.07, 6.45) is 4.57. The third-order valence-corrected chi connectivity index (χ3v) is 3.04. The Bertz CT molecular complexity index is 438. The summed E-state index contributed by atoms with van der Waals surface area (Å²) < 4.78 is 0. The van der Waals surface area contributed by atoms with E-state index in [2.05, 4.69) is 34.6 Å². The van der Waals surface area contributed by atoms with E-state index in [1.807, 2.05) is 6.20 Å². The molecule has 72 valence electrons. The van der Waals surface area contributed by atoms with Crippen LogP contribution in [0.15, 0.2) is 30.5 Å². The van der Waals surface area contributed by atoms with Crippen molar-refractivity contribution in [1.82, 2.24) is 10.3 Å². The molecule has 1 saturated heterocycles. The number of hydrogen-bond donors (Lipinski definition) is 2. The molecule has 2 heterocycles. The van der Waals surface area contributed by atoms with E-state index in [0.29, 0.717) is 6.04 Å². The molecule has 1 fully saturated rings. The summed E-state index contributed by atoms with van der Waals surface area (Å²) in [6, 6.07) is 9.39. The van der Waals surface area contributed by atoms with Crippen LogP contribution in [-0.2, 0) is 0 Å². The van der Waals surface area contributed by atoms with Gasteiger partial charge in [-0.05, 0) is 48.5 Å². The van der Waals surface area contributed by atoms with Gasteiger partial charge in [0.05, 0.1) is 0 Å². The molecule has 2 heteroatoms. The zero-order valence-electron chi connectivity index (χ0n) is 8.09. The Morgan fingerprint density at radius 1 is 1.21 bits per heavy atom. The predicted molar refractivity (Wildman–Crippen MR) is 58.3 cm³/mol. The summed E-state index contributed by atoms with van der Waals surface area (Å²) in [4.78, 5) is 3.22. The van der Waals surface area contributed by atoms with Crippen molar-refractivity contribution < 1.29 is 0 Å². The lowest BCUT2D eigenvalue weighted by Gasteiger charge is -2.10. The van der Waals surface area contributed by atoms with Crippen molar-refractivity contribution in [3.63, 3.8) is 0 Å². The van der Waals surface area contributed by atoms with Gasteiger partial charge in [-0.15, -0.1) is 0 Å². The average Bonchev–Trinajstić information content (AvgIpc) is 2.88. The molecule has 2 aromatic rings. The van der Waals surface area contributed by atoms with Gasteiger partial charge in [-0.1, -0.05) is 6.07 Å². The third-order valence-electron chi connectivity index (χ3n) is 3.04. The summed E-state index contributed by atoms with van der Waals surface area (Å²) >= 11 is 0. The van der Waals surface area contributed by atoms with Crippen molar-refractivity contribution in [2.45, 2.75) is 18.9 Å². The van der Waals surface area contributed by atoms with Gasteiger partial charge < -0.3 is 10.3 Å². The molecule has 1 atom stereocenters. The maximum absolute atomic E-state index is 3.52. The van der Waals surface area contributed by atoms with Gasteiger partial charge in [-0.25, -0.2) is 0 Å². The largest absolute Gasteiger partial charge is 0.361 e. The van der Waals surface area contributed by atoms with Crippen LogP contribution in [0, 0.1) is 0 Å². The second-order valence-corrected chi connectivity index (χ2v) is 3.97. The number of nitrogens with one attached hydrogen (secondary N) is 2. The average molecular weight is 186 g/mol. The van der Waals surface area contributed by atoms with Crippen LogP contribution in [0.3, 0.4) is 0 Å². The Hall–Kier alpha value is -1.28. The molecule has 1 aromatic carbocycles. The highest BCUT2D eigenvalue weighted by Crippen LogP contribution is 2.25. The van der Waals surface area contributed by atoms with E-state index in [1.54, 1.807) is 0 Å². The third kappa shape index (κ3) is 1.23. The summed E-state index contributed by atoms with van der Waals surface area (Å²) in [5, 5.41) is 4.84. The molecular formula is C12H14N2. The van der Waals surface area contributed by atoms with Crippen molar-refractivity contribution >= 4 is 10.9 Å². The highest BCUT2D eigenvalue weighted by Gasteiger charge is 2.15. The molecule has 0 radical (unpaired) electrons. The molecule has 1 aromatic heterocycles. The molecule has 0 saturated carbocycles. The fraction of sp³-hybridized carbons (Fsp3) is 0.333. The molecule has 0 spiro atoms. The van der Waals surface area contributed by atoms with Crippen molar-refractivity contribution in [2.75, 3.05) is 6.54 Å². The zero-order valence-corrected chi connectivity index (χ0v) is 8.09. The van der Waals surface area contributed by atoms with Crippen molar-refractivity contribution in [3.8, 4) is 0 Å². The minimum Gasteiger partial charge on any atom is -0.361 e. The number of H-pyrrole nitrogens is 1. The SMILES string of the molecule is c1cc2cc([C@@H]3CCCN3)ccc2[nH]1. The van der Waals surface area contributed by atoms with Crippen LogP contribution >= 0.6 is 0 Å². The monoisotopic (exact) mass is 186 g/mol. The smallest absolute Gasteiger partial charge is 0.0454 e. The van der Waals surface area contributed by atoms with Gasteiger partial charge in [0, 0.05) is 17.8 Å². The van der Waals surface area contributed by atoms with Crippen LogP contribution in [-0.4, -0.2) is 11.5 Å². The molecule has 0 aliphatic carbocycles. The van der Waals surface area contributed by atoms with Gasteiger partial charge in [-0.3, -0.25) is 0 Å². The van der Waals surface area contributed by atoms with Gasteiger partial charge in [0.1, 0.15) is 0 Å². The van der Waals surface area contributed by atoms with Crippen molar-refractivity contribution in [3.05, 3.63) is 36.0 Å². The molecule has 2 nitrogen and oxygen atoms in total. The first-order valence-corrected chi connectivity index (χ1v) is 5.24. The Morgan fingerprint density at radius 3 is 3.07 bits per heavy atom. The number of hydrogen-bond acceptors (Lipinski definition) is 1. The summed E-state index contributed by atoms with van der Waals surface area (Å²) in [6.45, 7) is 1.16. The van der Waals surface area contributed by atoms with Crippen LogP contribution < -0.4 is 5.32 Å². The molecule has 0 amide bonds. The first kappa shape index (κ1) is 8.06. The molecule has 1 aliphatic rings. The normalized spacial score (nSPS) is 21.9. The number of rotatable bonds is 1. The Balaban J connectivity index is 2.04. The van der Waals surface area contributed by atoms with Gasteiger partial charge in [-0.2, -0.15) is 0 Å². The van der Waals surface area contributed by atoms with Crippen LogP contribution in [0.1, 0.15) is 24.4 Å². The number of aromatic amines is 1. The lowest BCUT2D eigenvalue weighted by atomic mass is 10.0. The van der Waals surface area contributed by atoms with E-state index >= 15 is 0 Å². The number of benzene rings is 1. The fourth-order valence-corrected chi connectivity index (χ4v) is 2.26. The van der Waals surface area contributed by atoms with Gasteiger partial charge in [0.15, 0.2) is 0 Å². The number of aromatic nitrogens is 1. The number of fused-ring (bicyclic) bond motifs is 1. The van der Waals surface area contributed by atoms with Gasteiger partial charge >= 0.3 is 0 Å². The molecule has 1 aliphatic heterocycles. The summed E-state index contributed by atoms with van der Waals surface area (Å²) in [5.41, 5.74) is 2.65. The molecule has 2 N–H and O–H groups in total. The quantitative estimate of drug-likeness (QED) is 0.704. The first-order valence-electron chi connectivity index (χ1n) is 5.24. The second kappa shape index (κ2) is 3.14. The maximum Gasteiger partial charge on any atom is 0.0454 e. The highest BCUT2D eigenvalue weighted by atomic mass is 14.9. The maximum atomic E-state index is 3.52. The molecular weight excluding hydrogens is 172 g/mol. The molecule has 3 rings (SSSR count). The molecule has 0 unspecified atom stereocenters. The van der Waals surface area contributed by atoms with Crippen LogP contribution in [0.25, 0.3) is 10.9 Å². The fourth-order valence-electron chi connectivity index (χ4n) is 2.26. The lowest BCUT2D eigenvalue weighted by molar-refractivity contribution is 0.648. The summed E-state index contributed by atoms with van der Waals surface area (Å²) in [5.74, 6) is 0. The zero-order chi connectivity index (χ0) is 9.38. The van der Waals surface area contributed by atoms with E-state index in [9.17, 15) is 0 Å². The Morgan fingerprint density at radius 2 is 2.21 bits per heavy atom. The summed E-state index contributed by atoms with van der Waals surface area (Å²) in [7, 11) is 0. The Kier molecular flexibility index (Phi) is 1.81. The standard InChI is InChI=1S/C12H14N2/c1-2-11(13-6-1)9-3-4-12-10(8-9)5-7-14-12/h3-5,7-8,11,13-14H,1-2,6H2/t11-/m0/s1. The topological polar surface area (TPSA) is 27.8 Å². The lowest BCUT2D eigenvalue weighted by Crippen LogP contribution is -2.12. The highest BCUT2D eigenvalue weighted by molar-refractivity contribution is 5.80. The minimum absolute atomic E-state index is 0.578. The van der Waals surface area contributed by atoms with Crippen LogP contribution in [0.4, 0.5) is 0 Å². The van der Waals surface area contributed by atoms with E-state index in [0.717, 1.165) is 6.54 Å². The van der Waals surface area contributed by atoms with E-state index in [1.165, 1.54) is 29.3 Å². The predicted octanol–water partition coefficient (Wildman–Crippen LogP) is 2.59. The first-order chi connectivity index (χ1) is 6.93. The van der Waals surface area contributed by atoms with Crippen molar-refractivity contribution in [1.29, 1.82) is 0 Å². The minimum atomic E-state index is 0.578. The van der Waals surface area contributed by atoms with Crippen LogP contribution in [0.2, 0.25) is 0 Å². The molecule has 14 heavy (non-hydrogen) atoms. The van der Waals surface area contributed by atoms with Gasteiger partial charge in [0.2, 0.25) is 0 Å².